The summed E-state index contributed by atoms with van der Waals surface area (Å²) in [6.45, 7) is 1.44. The Hall–Kier alpha value is -3.15. The highest BCUT2D eigenvalue weighted by Gasteiger charge is 2.22. The van der Waals surface area contributed by atoms with E-state index in [4.69, 9.17) is 0 Å². The number of carbonyl (C=O) groups is 3. The van der Waals surface area contributed by atoms with E-state index in [0.717, 1.165) is 37.2 Å². The molecule has 0 unspecified atom stereocenters. The molecule has 144 valence electrons. The molecule has 6 heteroatoms. The Morgan fingerprint density at radius 3 is 2.18 bits per heavy atom. The van der Waals surface area contributed by atoms with E-state index in [1.165, 1.54) is 0 Å². The van der Waals surface area contributed by atoms with Crippen LogP contribution in [0.4, 0.5) is 17.1 Å². The summed E-state index contributed by atoms with van der Waals surface area (Å²) in [7, 11) is 0. The predicted octanol–water partition coefficient (Wildman–Crippen LogP) is 3.58. The average Bonchev–Trinajstić information content (AvgIpc) is 3.15. The summed E-state index contributed by atoms with van der Waals surface area (Å²) in [5.41, 5.74) is 2.81. The summed E-state index contributed by atoms with van der Waals surface area (Å²) >= 11 is 0. The zero-order valence-electron chi connectivity index (χ0n) is 15.7. The molecule has 2 aromatic carbocycles. The van der Waals surface area contributed by atoms with Crippen LogP contribution >= 0.6 is 0 Å². The number of carbonyl (C=O) groups excluding carboxylic acids is 3. The Labute approximate surface area is 164 Å². The van der Waals surface area contributed by atoms with E-state index in [2.05, 4.69) is 5.32 Å². The molecule has 0 bridgehead atoms. The van der Waals surface area contributed by atoms with Gasteiger partial charge < -0.3 is 15.1 Å². The van der Waals surface area contributed by atoms with Gasteiger partial charge in [-0.1, -0.05) is 6.07 Å². The number of rotatable bonds is 4. The largest absolute Gasteiger partial charge is 0.322 e. The second kappa shape index (κ2) is 7.84. The van der Waals surface area contributed by atoms with Gasteiger partial charge in [-0.2, -0.15) is 0 Å². The lowest BCUT2D eigenvalue weighted by Gasteiger charge is -2.26. The van der Waals surface area contributed by atoms with E-state index in [1.807, 2.05) is 36.4 Å². The fourth-order valence-corrected chi connectivity index (χ4v) is 3.75. The molecule has 2 heterocycles. The Morgan fingerprint density at radius 2 is 1.46 bits per heavy atom. The van der Waals surface area contributed by atoms with Gasteiger partial charge in [0.25, 0.3) is 5.91 Å². The van der Waals surface area contributed by atoms with Crippen LogP contribution in [0.5, 0.6) is 0 Å². The van der Waals surface area contributed by atoms with Gasteiger partial charge in [0, 0.05) is 48.6 Å². The molecule has 2 fully saturated rings. The summed E-state index contributed by atoms with van der Waals surface area (Å²) in [6.07, 6.45) is 3.96. The van der Waals surface area contributed by atoms with Crippen LogP contribution in [-0.2, 0) is 9.59 Å². The molecule has 0 aromatic heterocycles. The number of nitrogens with zero attached hydrogens (tertiary/aromatic N) is 2. The molecular weight excluding hydrogens is 354 g/mol. The lowest BCUT2D eigenvalue weighted by Crippen LogP contribution is -2.35. The van der Waals surface area contributed by atoms with Crippen LogP contribution in [0, 0.1) is 0 Å². The highest BCUT2D eigenvalue weighted by molar-refractivity contribution is 6.05. The van der Waals surface area contributed by atoms with Gasteiger partial charge in [0.15, 0.2) is 0 Å². The summed E-state index contributed by atoms with van der Waals surface area (Å²) in [4.78, 5) is 40.1. The molecule has 2 saturated heterocycles. The minimum atomic E-state index is -0.221. The van der Waals surface area contributed by atoms with Crippen molar-refractivity contribution < 1.29 is 14.4 Å². The van der Waals surface area contributed by atoms with Gasteiger partial charge >= 0.3 is 0 Å². The van der Waals surface area contributed by atoms with Crippen LogP contribution in [0.3, 0.4) is 0 Å². The SMILES string of the molecule is O=C(Nc1cccc(N2CCCC2=O)c1)c1ccc(N2CCCCC2=O)cc1. The van der Waals surface area contributed by atoms with Crippen molar-refractivity contribution in [1.29, 1.82) is 0 Å². The Balaban J connectivity index is 1.45. The Bertz CT molecular complexity index is 907. The first-order chi connectivity index (χ1) is 13.6. The molecule has 0 aliphatic carbocycles. The maximum absolute atomic E-state index is 12.6. The first kappa shape index (κ1) is 18.2. The normalized spacial score (nSPS) is 17.1. The first-order valence-corrected chi connectivity index (χ1v) is 9.74. The molecule has 0 radical (unpaired) electrons. The van der Waals surface area contributed by atoms with Gasteiger partial charge in [-0.05, 0) is 61.7 Å². The van der Waals surface area contributed by atoms with Crippen LogP contribution in [0.25, 0.3) is 0 Å². The summed E-state index contributed by atoms with van der Waals surface area (Å²) in [6, 6.07) is 14.4. The molecule has 0 saturated carbocycles. The zero-order valence-corrected chi connectivity index (χ0v) is 15.7. The number of piperidine rings is 1. The van der Waals surface area contributed by atoms with E-state index in [0.29, 0.717) is 30.6 Å². The molecule has 4 rings (SSSR count). The molecule has 2 aliphatic rings. The number of amides is 3. The summed E-state index contributed by atoms with van der Waals surface area (Å²) in [5, 5.41) is 2.89. The monoisotopic (exact) mass is 377 g/mol. The highest BCUT2D eigenvalue weighted by Crippen LogP contribution is 2.25. The van der Waals surface area contributed by atoms with Crippen molar-refractivity contribution in [3.63, 3.8) is 0 Å². The van der Waals surface area contributed by atoms with Crippen molar-refractivity contribution in [2.75, 3.05) is 28.2 Å². The van der Waals surface area contributed by atoms with Crippen LogP contribution < -0.4 is 15.1 Å². The Morgan fingerprint density at radius 1 is 0.786 bits per heavy atom. The minimum absolute atomic E-state index is 0.117. The zero-order chi connectivity index (χ0) is 19.5. The predicted molar refractivity (Wildman–Crippen MR) is 109 cm³/mol. The van der Waals surface area contributed by atoms with Crippen LogP contribution in [-0.4, -0.2) is 30.8 Å². The third-order valence-electron chi connectivity index (χ3n) is 5.25. The quantitative estimate of drug-likeness (QED) is 0.885. The Kier molecular flexibility index (Phi) is 5.10. The van der Waals surface area contributed by atoms with Crippen LogP contribution in [0.2, 0.25) is 0 Å². The number of benzene rings is 2. The number of anilines is 3. The first-order valence-electron chi connectivity index (χ1n) is 9.74. The fraction of sp³-hybridized carbons (Fsp3) is 0.318. The van der Waals surface area contributed by atoms with Gasteiger partial charge in [0.2, 0.25) is 11.8 Å². The maximum atomic E-state index is 12.6. The molecule has 2 aliphatic heterocycles. The van der Waals surface area contributed by atoms with Crippen molar-refractivity contribution in [1.82, 2.24) is 0 Å². The second-order valence-electron chi connectivity index (χ2n) is 7.20. The molecule has 28 heavy (non-hydrogen) atoms. The lowest BCUT2D eigenvalue weighted by atomic mass is 10.1. The standard InChI is InChI=1S/C22H23N3O3/c26-20-7-1-2-13-24(20)18-11-9-16(10-12-18)22(28)23-17-5-3-6-19(15-17)25-14-4-8-21(25)27/h3,5-6,9-12,15H,1-2,4,7-8,13-14H2,(H,23,28). The van der Waals surface area contributed by atoms with Crippen LogP contribution in [0.15, 0.2) is 48.5 Å². The van der Waals surface area contributed by atoms with Crippen LogP contribution in [0.1, 0.15) is 42.5 Å². The van der Waals surface area contributed by atoms with Crippen molar-refractivity contribution in [2.45, 2.75) is 32.1 Å². The molecule has 2 aromatic rings. The molecule has 6 nitrogen and oxygen atoms in total. The van der Waals surface area contributed by atoms with Crippen molar-refractivity contribution in [3.05, 3.63) is 54.1 Å². The third kappa shape index (κ3) is 3.76. The molecular formula is C22H23N3O3. The van der Waals surface area contributed by atoms with Crippen molar-refractivity contribution in [3.8, 4) is 0 Å². The number of hydrogen-bond acceptors (Lipinski definition) is 3. The van der Waals surface area contributed by atoms with Gasteiger partial charge in [0.1, 0.15) is 0 Å². The van der Waals surface area contributed by atoms with E-state index >= 15 is 0 Å². The molecule has 3 amide bonds. The van der Waals surface area contributed by atoms with Crippen molar-refractivity contribution >= 4 is 34.8 Å². The smallest absolute Gasteiger partial charge is 0.255 e. The van der Waals surface area contributed by atoms with E-state index in [9.17, 15) is 14.4 Å². The van der Waals surface area contributed by atoms with E-state index in [-0.39, 0.29) is 17.7 Å². The van der Waals surface area contributed by atoms with Gasteiger partial charge in [-0.15, -0.1) is 0 Å². The average molecular weight is 377 g/mol. The maximum Gasteiger partial charge on any atom is 0.255 e. The van der Waals surface area contributed by atoms with Crippen molar-refractivity contribution in [2.24, 2.45) is 0 Å². The summed E-state index contributed by atoms with van der Waals surface area (Å²) < 4.78 is 0. The second-order valence-corrected chi connectivity index (χ2v) is 7.20. The highest BCUT2D eigenvalue weighted by atomic mass is 16.2. The number of hydrogen-bond donors (Lipinski definition) is 1. The topological polar surface area (TPSA) is 69.7 Å². The third-order valence-corrected chi connectivity index (χ3v) is 5.25. The lowest BCUT2D eigenvalue weighted by molar-refractivity contribution is -0.119. The van der Waals surface area contributed by atoms with E-state index in [1.54, 1.807) is 21.9 Å². The van der Waals surface area contributed by atoms with Gasteiger partial charge in [-0.25, -0.2) is 0 Å². The van der Waals surface area contributed by atoms with Gasteiger partial charge in [0.05, 0.1) is 0 Å². The number of nitrogens with one attached hydrogen (secondary N) is 1. The van der Waals surface area contributed by atoms with E-state index < -0.39 is 0 Å². The van der Waals surface area contributed by atoms with Gasteiger partial charge in [-0.3, -0.25) is 14.4 Å². The fourth-order valence-electron chi connectivity index (χ4n) is 3.75. The minimum Gasteiger partial charge on any atom is -0.322 e. The molecule has 0 spiro atoms. The molecule has 0 atom stereocenters. The molecule has 1 N–H and O–H groups in total. The summed E-state index contributed by atoms with van der Waals surface area (Å²) in [5.74, 6) is 0.0319.